The zero-order chi connectivity index (χ0) is 19.4. The van der Waals surface area contributed by atoms with Crippen molar-refractivity contribution in [2.24, 2.45) is 17.3 Å². The van der Waals surface area contributed by atoms with E-state index in [0.29, 0.717) is 22.0 Å². The largest absolute Gasteiger partial charge is 0.310 e. The summed E-state index contributed by atoms with van der Waals surface area (Å²) in [6.45, 7) is 3.27. The molecule has 2 aromatic rings. The Bertz CT molecular complexity index is 832. The van der Waals surface area contributed by atoms with Crippen LogP contribution in [0, 0.1) is 17.3 Å². The minimum Gasteiger partial charge on any atom is -0.310 e. The third-order valence-corrected chi connectivity index (χ3v) is 8.36. The first kappa shape index (κ1) is 18.9. The summed E-state index contributed by atoms with van der Waals surface area (Å²) < 4.78 is 0. The normalized spacial score (nSPS) is 34.5. The standard InChI is InChI=1S/C24H28Cl2N2/c1-16(27-13-17-2-7-22(26)28-14-17)23-9-18-8-19(10-23)12-24(11-18,15-23)20-3-5-21(25)6-4-20/h2-7,14,16,18-19,27H,8-13,15H2,1H3. The van der Waals surface area contributed by atoms with Crippen molar-refractivity contribution in [2.75, 3.05) is 0 Å². The molecule has 1 aromatic heterocycles. The van der Waals surface area contributed by atoms with E-state index in [1.807, 2.05) is 12.3 Å². The third kappa shape index (κ3) is 3.28. The molecule has 0 spiro atoms. The molecule has 4 bridgehead atoms. The SMILES string of the molecule is CC(NCc1ccc(Cl)nc1)C12CC3CC(CC(c4ccc(Cl)cc4)(C3)C1)C2. The van der Waals surface area contributed by atoms with Crippen molar-refractivity contribution in [3.8, 4) is 0 Å². The van der Waals surface area contributed by atoms with Crippen LogP contribution in [0.25, 0.3) is 0 Å². The van der Waals surface area contributed by atoms with Crippen molar-refractivity contribution in [1.82, 2.24) is 10.3 Å². The topological polar surface area (TPSA) is 24.9 Å². The quantitative estimate of drug-likeness (QED) is 0.571. The molecule has 1 heterocycles. The molecule has 1 aromatic carbocycles. The molecule has 0 amide bonds. The molecule has 2 nitrogen and oxygen atoms in total. The number of hydrogen-bond acceptors (Lipinski definition) is 2. The fourth-order valence-electron chi connectivity index (χ4n) is 6.98. The first-order valence-corrected chi connectivity index (χ1v) is 11.3. The second-order valence-electron chi connectivity index (χ2n) is 9.70. The summed E-state index contributed by atoms with van der Waals surface area (Å²) in [6.07, 6.45) is 10.1. The minimum atomic E-state index is 0.354. The maximum Gasteiger partial charge on any atom is 0.129 e. The average molecular weight is 415 g/mol. The number of aromatic nitrogens is 1. The summed E-state index contributed by atoms with van der Waals surface area (Å²) in [4.78, 5) is 4.22. The Morgan fingerprint density at radius 3 is 2.39 bits per heavy atom. The van der Waals surface area contributed by atoms with E-state index in [1.165, 1.54) is 49.7 Å². The van der Waals surface area contributed by atoms with Crippen LogP contribution in [0.4, 0.5) is 0 Å². The van der Waals surface area contributed by atoms with Gasteiger partial charge in [-0.25, -0.2) is 4.98 Å². The predicted molar refractivity (Wildman–Crippen MR) is 116 cm³/mol. The lowest BCUT2D eigenvalue weighted by Crippen LogP contribution is -2.59. The van der Waals surface area contributed by atoms with Gasteiger partial charge in [-0.05, 0) is 97.4 Å². The van der Waals surface area contributed by atoms with Gasteiger partial charge in [0, 0.05) is 23.8 Å². The molecule has 0 saturated heterocycles. The van der Waals surface area contributed by atoms with Crippen LogP contribution in [0.3, 0.4) is 0 Å². The van der Waals surface area contributed by atoms with Crippen LogP contribution in [0.5, 0.6) is 0 Å². The van der Waals surface area contributed by atoms with Gasteiger partial charge in [0.05, 0.1) is 0 Å². The number of rotatable bonds is 5. The highest BCUT2D eigenvalue weighted by molar-refractivity contribution is 6.30. The Morgan fingerprint density at radius 1 is 1.04 bits per heavy atom. The van der Waals surface area contributed by atoms with Crippen LogP contribution in [0.15, 0.2) is 42.6 Å². The van der Waals surface area contributed by atoms with Crippen molar-refractivity contribution >= 4 is 23.2 Å². The van der Waals surface area contributed by atoms with Crippen LogP contribution in [0.2, 0.25) is 10.2 Å². The van der Waals surface area contributed by atoms with Crippen LogP contribution in [0.1, 0.15) is 56.6 Å². The van der Waals surface area contributed by atoms with E-state index < -0.39 is 0 Å². The van der Waals surface area contributed by atoms with Gasteiger partial charge < -0.3 is 5.32 Å². The summed E-state index contributed by atoms with van der Waals surface area (Å²) in [6, 6.07) is 13.2. The van der Waals surface area contributed by atoms with Crippen molar-refractivity contribution in [2.45, 2.75) is 63.5 Å². The van der Waals surface area contributed by atoms with Crippen LogP contribution in [-0.4, -0.2) is 11.0 Å². The van der Waals surface area contributed by atoms with Gasteiger partial charge in [-0.15, -0.1) is 0 Å². The van der Waals surface area contributed by atoms with Gasteiger partial charge in [-0.3, -0.25) is 0 Å². The van der Waals surface area contributed by atoms with Crippen LogP contribution >= 0.6 is 23.2 Å². The van der Waals surface area contributed by atoms with E-state index in [4.69, 9.17) is 23.2 Å². The summed E-state index contributed by atoms with van der Waals surface area (Å²) in [5.74, 6) is 1.75. The second-order valence-corrected chi connectivity index (χ2v) is 10.5. The van der Waals surface area contributed by atoms with Gasteiger partial charge in [-0.2, -0.15) is 0 Å². The van der Waals surface area contributed by atoms with Crippen molar-refractivity contribution < 1.29 is 0 Å². The number of nitrogens with zero attached hydrogens (tertiary/aromatic N) is 1. The molecular formula is C24H28Cl2N2. The number of hydrogen-bond donors (Lipinski definition) is 1. The Kier molecular flexibility index (Phi) is 4.73. The third-order valence-electron chi connectivity index (χ3n) is 7.88. The summed E-state index contributed by atoms with van der Waals surface area (Å²) >= 11 is 12.1. The molecule has 0 aliphatic heterocycles. The number of benzene rings is 1. The lowest BCUT2D eigenvalue weighted by Gasteiger charge is -2.64. The molecule has 4 saturated carbocycles. The van der Waals surface area contributed by atoms with Gasteiger partial charge >= 0.3 is 0 Å². The number of pyridine rings is 1. The predicted octanol–water partition coefficient (Wildman–Crippen LogP) is 6.40. The molecule has 3 unspecified atom stereocenters. The Hall–Kier alpha value is -1.09. The lowest BCUT2D eigenvalue weighted by atomic mass is 9.41. The van der Waals surface area contributed by atoms with E-state index in [-0.39, 0.29) is 0 Å². The average Bonchev–Trinajstić information content (AvgIpc) is 2.66. The van der Waals surface area contributed by atoms with Crippen molar-refractivity contribution in [3.05, 3.63) is 63.9 Å². The monoisotopic (exact) mass is 414 g/mol. The van der Waals surface area contributed by atoms with E-state index in [9.17, 15) is 0 Å². The zero-order valence-corrected chi connectivity index (χ0v) is 17.9. The first-order chi connectivity index (χ1) is 13.5. The molecule has 1 N–H and O–H groups in total. The minimum absolute atomic E-state index is 0.354. The van der Waals surface area contributed by atoms with Gasteiger partial charge in [0.2, 0.25) is 0 Å². The summed E-state index contributed by atoms with van der Waals surface area (Å²) in [7, 11) is 0. The molecule has 4 aliphatic rings. The highest BCUT2D eigenvalue weighted by atomic mass is 35.5. The van der Waals surface area contributed by atoms with Gasteiger partial charge in [-0.1, -0.05) is 41.4 Å². The fraction of sp³-hybridized carbons (Fsp3) is 0.542. The van der Waals surface area contributed by atoms with E-state index in [1.54, 1.807) is 0 Å². The van der Waals surface area contributed by atoms with E-state index >= 15 is 0 Å². The first-order valence-electron chi connectivity index (χ1n) is 10.6. The molecule has 4 fully saturated rings. The van der Waals surface area contributed by atoms with E-state index in [2.05, 4.69) is 47.6 Å². The van der Waals surface area contributed by atoms with Gasteiger partial charge in [0.15, 0.2) is 0 Å². The molecule has 4 heteroatoms. The van der Waals surface area contributed by atoms with Gasteiger partial charge in [0.25, 0.3) is 0 Å². The molecule has 6 rings (SSSR count). The fourth-order valence-corrected chi connectivity index (χ4v) is 7.22. The van der Waals surface area contributed by atoms with Gasteiger partial charge in [0.1, 0.15) is 5.15 Å². The smallest absolute Gasteiger partial charge is 0.129 e. The highest BCUT2D eigenvalue weighted by Crippen LogP contribution is 2.66. The molecule has 0 radical (unpaired) electrons. The Labute approximate surface area is 178 Å². The van der Waals surface area contributed by atoms with E-state index in [0.717, 1.165) is 23.4 Å². The zero-order valence-electron chi connectivity index (χ0n) is 16.4. The molecule has 148 valence electrons. The molecular weight excluding hydrogens is 387 g/mol. The molecule has 4 aliphatic carbocycles. The maximum atomic E-state index is 6.18. The molecule has 3 atom stereocenters. The summed E-state index contributed by atoms with van der Waals surface area (Å²) in [5, 5.41) is 5.25. The number of nitrogens with one attached hydrogen (secondary N) is 1. The Morgan fingerprint density at radius 2 is 1.75 bits per heavy atom. The lowest BCUT2D eigenvalue weighted by molar-refractivity contribution is -0.0883. The van der Waals surface area contributed by atoms with Crippen LogP contribution < -0.4 is 5.32 Å². The summed E-state index contributed by atoms with van der Waals surface area (Å²) in [5.41, 5.74) is 3.48. The van der Waals surface area contributed by atoms with Crippen molar-refractivity contribution in [3.63, 3.8) is 0 Å². The van der Waals surface area contributed by atoms with Crippen LogP contribution in [-0.2, 0) is 12.0 Å². The second kappa shape index (κ2) is 7.00. The maximum absolute atomic E-state index is 6.18. The highest BCUT2D eigenvalue weighted by Gasteiger charge is 2.59. The number of halogens is 2. The Balaban J connectivity index is 1.38. The molecule has 28 heavy (non-hydrogen) atoms. The van der Waals surface area contributed by atoms with Crippen molar-refractivity contribution in [1.29, 1.82) is 0 Å².